The average molecular weight is 501 g/mol. The SMILES string of the molecule is NC1=N[C@@]2(CO1)c1cc(-c3cccnc3N3CCOCC3)ccc1Oc1cnc(N3CCOCC3)cc12. The number of aliphatic imine (C=N–C) groups is 1. The van der Waals surface area contributed by atoms with Gasteiger partial charge in [0, 0.05) is 49.1 Å². The van der Waals surface area contributed by atoms with Gasteiger partial charge in [-0.2, -0.15) is 0 Å². The number of nitrogens with zero attached hydrogens (tertiary/aromatic N) is 5. The summed E-state index contributed by atoms with van der Waals surface area (Å²) in [5, 5.41) is 0. The molecule has 0 aliphatic carbocycles. The maximum Gasteiger partial charge on any atom is 0.283 e. The minimum atomic E-state index is -0.825. The molecule has 0 saturated carbocycles. The van der Waals surface area contributed by atoms with E-state index >= 15 is 0 Å². The fraction of sp³-hybridized carbons (Fsp3) is 0.370. The Morgan fingerprint density at radius 1 is 0.838 bits per heavy atom. The van der Waals surface area contributed by atoms with Crippen molar-refractivity contribution in [2.24, 2.45) is 10.7 Å². The third kappa shape index (κ3) is 3.75. The van der Waals surface area contributed by atoms with E-state index in [0.29, 0.717) is 38.8 Å². The molecular formula is C27H28N6O4. The number of hydrogen-bond donors (Lipinski definition) is 1. The van der Waals surface area contributed by atoms with E-state index in [0.717, 1.165) is 65.8 Å². The lowest BCUT2D eigenvalue weighted by molar-refractivity contribution is 0.122. The van der Waals surface area contributed by atoms with Crippen molar-refractivity contribution in [2.45, 2.75) is 5.54 Å². The number of benzene rings is 1. The second-order valence-electron chi connectivity index (χ2n) is 9.52. The van der Waals surface area contributed by atoms with Crippen molar-refractivity contribution in [1.82, 2.24) is 9.97 Å². The lowest BCUT2D eigenvalue weighted by Gasteiger charge is -2.35. The Balaban J connectivity index is 1.34. The van der Waals surface area contributed by atoms with Crippen LogP contribution in [0.2, 0.25) is 0 Å². The maximum atomic E-state index is 6.37. The molecular weight excluding hydrogens is 472 g/mol. The van der Waals surface area contributed by atoms with Crippen LogP contribution in [0.1, 0.15) is 11.1 Å². The van der Waals surface area contributed by atoms with E-state index < -0.39 is 5.54 Å². The first kappa shape index (κ1) is 22.3. The third-order valence-corrected chi connectivity index (χ3v) is 7.42. The normalized spacial score (nSPS) is 22.6. The lowest BCUT2D eigenvalue weighted by Crippen LogP contribution is -2.37. The summed E-state index contributed by atoms with van der Waals surface area (Å²) < 4.78 is 23.2. The molecule has 2 saturated heterocycles. The molecule has 0 unspecified atom stereocenters. The second kappa shape index (κ2) is 8.89. The first-order valence-electron chi connectivity index (χ1n) is 12.6. The zero-order chi connectivity index (χ0) is 24.8. The van der Waals surface area contributed by atoms with Crippen molar-refractivity contribution in [3.05, 3.63) is 59.9 Å². The van der Waals surface area contributed by atoms with Gasteiger partial charge in [0.05, 0.1) is 32.6 Å². The van der Waals surface area contributed by atoms with Gasteiger partial charge in [0.15, 0.2) is 11.3 Å². The molecule has 1 spiro atoms. The molecule has 10 nitrogen and oxygen atoms in total. The largest absolute Gasteiger partial charge is 0.462 e. The van der Waals surface area contributed by atoms with Crippen molar-refractivity contribution < 1.29 is 18.9 Å². The van der Waals surface area contributed by atoms with Crippen LogP contribution in [0, 0.1) is 0 Å². The second-order valence-corrected chi connectivity index (χ2v) is 9.52. The van der Waals surface area contributed by atoms with Crippen LogP contribution in [0.15, 0.2) is 53.8 Å². The summed E-state index contributed by atoms with van der Waals surface area (Å²) in [6.07, 6.45) is 3.62. The Morgan fingerprint density at radius 3 is 2.35 bits per heavy atom. The molecule has 0 bridgehead atoms. The van der Waals surface area contributed by atoms with Crippen LogP contribution in [0.25, 0.3) is 11.1 Å². The Hall–Kier alpha value is -3.89. The Bertz CT molecular complexity index is 1370. The highest BCUT2D eigenvalue weighted by atomic mass is 16.5. The van der Waals surface area contributed by atoms with Crippen LogP contribution in [-0.2, 0) is 19.7 Å². The van der Waals surface area contributed by atoms with Crippen molar-refractivity contribution in [3.8, 4) is 22.6 Å². The minimum absolute atomic E-state index is 0.171. The van der Waals surface area contributed by atoms with Gasteiger partial charge in [0.25, 0.3) is 6.02 Å². The van der Waals surface area contributed by atoms with Gasteiger partial charge in [-0.3, -0.25) is 0 Å². The Morgan fingerprint density at radius 2 is 1.59 bits per heavy atom. The topological polar surface area (TPSA) is 108 Å². The fourth-order valence-electron chi connectivity index (χ4n) is 5.53. The zero-order valence-corrected chi connectivity index (χ0v) is 20.4. The molecule has 2 fully saturated rings. The monoisotopic (exact) mass is 500 g/mol. The van der Waals surface area contributed by atoms with E-state index in [1.807, 2.05) is 18.3 Å². The van der Waals surface area contributed by atoms with E-state index in [1.165, 1.54) is 0 Å². The van der Waals surface area contributed by atoms with E-state index in [9.17, 15) is 0 Å². The fourth-order valence-corrected chi connectivity index (χ4v) is 5.53. The number of morpholine rings is 2. The van der Waals surface area contributed by atoms with Gasteiger partial charge in [-0.15, -0.1) is 0 Å². The minimum Gasteiger partial charge on any atom is -0.462 e. The highest BCUT2D eigenvalue weighted by molar-refractivity contribution is 5.80. The van der Waals surface area contributed by atoms with Crippen molar-refractivity contribution in [1.29, 1.82) is 0 Å². The highest BCUT2D eigenvalue weighted by Crippen LogP contribution is 2.52. The highest BCUT2D eigenvalue weighted by Gasteiger charge is 2.47. The number of anilines is 2. The molecule has 10 heteroatoms. The summed E-state index contributed by atoms with van der Waals surface area (Å²) in [6, 6.07) is 12.5. The molecule has 6 heterocycles. The van der Waals surface area contributed by atoms with Crippen molar-refractivity contribution in [2.75, 3.05) is 69.0 Å². The van der Waals surface area contributed by atoms with Gasteiger partial charge >= 0.3 is 0 Å². The molecule has 2 N–H and O–H groups in total. The number of amidine groups is 1. The molecule has 1 atom stereocenters. The Labute approximate surface area is 214 Å². The first-order valence-corrected chi connectivity index (χ1v) is 12.6. The predicted molar refractivity (Wildman–Crippen MR) is 138 cm³/mol. The molecule has 2 aromatic heterocycles. The van der Waals surface area contributed by atoms with Gasteiger partial charge in [0.1, 0.15) is 24.0 Å². The maximum absolute atomic E-state index is 6.37. The molecule has 1 aromatic carbocycles. The summed E-state index contributed by atoms with van der Waals surface area (Å²) in [5.74, 6) is 3.19. The number of rotatable bonds is 3. The number of pyridine rings is 2. The van der Waals surface area contributed by atoms with Gasteiger partial charge in [-0.1, -0.05) is 6.07 Å². The Kier molecular flexibility index (Phi) is 5.37. The summed E-state index contributed by atoms with van der Waals surface area (Å²) in [4.78, 5) is 18.8. The molecule has 0 radical (unpaired) electrons. The van der Waals surface area contributed by atoms with E-state index in [4.69, 9.17) is 39.6 Å². The smallest absolute Gasteiger partial charge is 0.283 e. The van der Waals surface area contributed by atoms with Gasteiger partial charge in [-0.25, -0.2) is 15.0 Å². The van der Waals surface area contributed by atoms with Crippen LogP contribution in [0.5, 0.6) is 11.5 Å². The van der Waals surface area contributed by atoms with Gasteiger partial charge in [0.2, 0.25) is 0 Å². The van der Waals surface area contributed by atoms with E-state index in [1.54, 1.807) is 6.20 Å². The van der Waals surface area contributed by atoms with Crippen molar-refractivity contribution in [3.63, 3.8) is 0 Å². The first-order chi connectivity index (χ1) is 18.2. The van der Waals surface area contributed by atoms with Crippen LogP contribution in [0.3, 0.4) is 0 Å². The number of nitrogens with two attached hydrogens (primary N) is 1. The quantitative estimate of drug-likeness (QED) is 0.580. The van der Waals surface area contributed by atoms with Crippen LogP contribution >= 0.6 is 0 Å². The lowest BCUT2D eigenvalue weighted by atomic mass is 9.80. The van der Waals surface area contributed by atoms with Crippen molar-refractivity contribution >= 4 is 17.7 Å². The summed E-state index contributed by atoms with van der Waals surface area (Å²) in [7, 11) is 0. The molecule has 37 heavy (non-hydrogen) atoms. The molecule has 7 rings (SSSR count). The van der Waals surface area contributed by atoms with Crippen LogP contribution in [-0.4, -0.2) is 75.2 Å². The number of hydrogen-bond acceptors (Lipinski definition) is 10. The standard InChI is InChI=1S/C27H28N6O4/c28-26-31-27(17-36-26)20-14-18(19-2-1-5-29-25(19)33-8-12-35-13-9-33)3-4-22(20)37-23-16-30-24(15-21(23)27)32-6-10-34-11-7-32/h1-5,14-16H,6-13,17H2,(H2,28,31)/t27-/m0/s1. The van der Waals surface area contributed by atoms with Gasteiger partial charge < -0.3 is 34.5 Å². The molecule has 190 valence electrons. The molecule has 4 aliphatic rings. The third-order valence-electron chi connectivity index (χ3n) is 7.42. The summed E-state index contributed by atoms with van der Waals surface area (Å²) in [6.45, 7) is 6.22. The molecule has 0 amide bonds. The number of aromatic nitrogens is 2. The zero-order valence-electron chi connectivity index (χ0n) is 20.4. The van der Waals surface area contributed by atoms with E-state index in [-0.39, 0.29) is 6.02 Å². The average Bonchev–Trinajstić information content (AvgIpc) is 3.36. The van der Waals surface area contributed by atoms with Crippen LogP contribution < -0.4 is 20.3 Å². The summed E-state index contributed by atoms with van der Waals surface area (Å²) in [5.41, 5.74) is 9.18. The molecule has 3 aromatic rings. The summed E-state index contributed by atoms with van der Waals surface area (Å²) >= 11 is 0. The van der Waals surface area contributed by atoms with E-state index in [2.05, 4.69) is 34.1 Å². The predicted octanol–water partition coefficient (Wildman–Crippen LogP) is 2.51. The number of fused-ring (bicyclic) bond motifs is 4. The van der Waals surface area contributed by atoms with Crippen LogP contribution in [0.4, 0.5) is 11.6 Å². The number of ether oxygens (including phenoxy) is 4. The molecule has 4 aliphatic heterocycles. The van der Waals surface area contributed by atoms with Gasteiger partial charge in [-0.05, 0) is 35.9 Å².